The fourth-order valence-electron chi connectivity index (χ4n) is 2.04. The maximum atomic E-state index is 12.4. The van der Waals surface area contributed by atoms with Crippen LogP contribution in [0.15, 0.2) is 0 Å². The second-order valence-corrected chi connectivity index (χ2v) is 4.40. The van der Waals surface area contributed by atoms with Gasteiger partial charge in [-0.15, -0.1) is 0 Å². The Morgan fingerprint density at radius 3 is 1.84 bits per heavy atom. The summed E-state index contributed by atoms with van der Waals surface area (Å²) in [7, 11) is 1.65. The van der Waals surface area contributed by atoms with Crippen LogP contribution in [0.3, 0.4) is 0 Å². The van der Waals surface area contributed by atoms with Crippen molar-refractivity contribution in [2.75, 3.05) is 20.1 Å². The molecule has 1 aliphatic rings. The number of likely N-dealkylation sites (tertiary alicyclic amines) is 1. The highest BCUT2D eigenvalue weighted by Gasteiger charge is 2.62. The molecule has 0 aromatic rings. The van der Waals surface area contributed by atoms with Crippen LogP contribution in [0.1, 0.15) is 12.8 Å². The van der Waals surface area contributed by atoms with Crippen LogP contribution in [0.2, 0.25) is 0 Å². The average molecular weight is 292 g/mol. The van der Waals surface area contributed by atoms with Crippen LogP contribution in [-0.4, -0.2) is 49.3 Å². The first-order chi connectivity index (χ1) is 8.57. The number of halogens is 6. The largest absolute Gasteiger partial charge is 0.409 e. The van der Waals surface area contributed by atoms with E-state index in [0.717, 1.165) is 0 Å². The predicted octanol–water partition coefficient (Wildman–Crippen LogP) is 1.94. The van der Waals surface area contributed by atoms with Gasteiger partial charge in [-0.25, -0.2) is 0 Å². The number of nitrogens with zero attached hydrogens (tertiary/aromatic N) is 1. The number of carbonyl (C=O) groups excluding carboxylic acids is 1. The number of hydrogen-bond donors (Lipinski definition) is 1. The van der Waals surface area contributed by atoms with E-state index in [4.69, 9.17) is 0 Å². The van der Waals surface area contributed by atoms with Gasteiger partial charge in [0.15, 0.2) is 0 Å². The fraction of sp³-hybridized carbons (Fsp3) is 0.900. The molecule has 19 heavy (non-hydrogen) atoms. The lowest BCUT2D eigenvalue weighted by Crippen LogP contribution is -2.52. The van der Waals surface area contributed by atoms with E-state index in [0.29, 0.717) is 17.7 Å². The van der Waals surface area contributed by atoms with Gasteiger partial charge in [0.25, 0.3) is 0 Å². The van der Waals surface area contributed by atoms with Gasteiger partial charge in [0, 0.05) is 19.1 Å². The third-order valence-corrected chi connectivity index (χ3v) is 3.12. The molecule has 112 valence electrons. The molecule has 3 nitrogen and oxygen atoms in total. The summed E-state index contributed by atoms with van der Waals surface area (Å²) in [6.45, 7) is -0.208. The van der Waals surface area contributed by atoms with Crippen molar-refractivity contribution >= 4 is 5.91 Å². The van der Waals surface area contributed by atoms with E-state index in [1.54, 1.807) is 7.05 Å². The number of hydrogen-bond acceptors (Lipinski definition) is 2. The molecule has 0 saturated carbocycles. The third kappa shape index (κ3) is 3.99. The van der Waals surface area contributed by atoms with Gasteiger partial charge < -0.3 is 10.2 Å². The van der Waals surface area contributed by atoms with Crippen LogP contribution in [0.4, 0.5) is 26.3 Å². The van der Waals surface area contributed by atoms with E-state index in [1.165, 1.54) is 0 Å². The molecule has 0 bridgehead atoms. The van der Waals surface area contributed by atoms with Gasteiger partial charge in [0.05, 0.1) is 0 Å². The smallest absolute Gasteiger partial charge is 0.342 e. The lowest BCUT2D eigenvalue weighted by molar-refractivity contribution is -0.277. The molecule has 1 fully saturated rings. The Kier molecular flexibility index (Phi) is 4.70. The molecule has 0 unspecified atom stereocenters. The van der Waals surface area contributed by atoms with Crippen molar-refractivity contribution in [1.29, 1.82) is 0 Å². The maximum Gasteiger partial charge on any atom is 0.409 e. The lowest BCUT2D eigenvalue weighted by atomic mass is 10.0. The summed E-state index contributed by atoms with van der Waals surface area (Å²) >= 11 is 0. The van der Waals surface area contributed by atoms with Crippen molar-refractivity contribution < 1.29 is 31.1 Å². The highest BCUT2D eigenvalue weighted by atomic mass is 19.4. The average Bonchev–Trinajstić information content (AvgIpc) is 2.25. The standard InChI is InChI=1S/C10H14F6N2O/c1-17-6-2-4-18(5-3-6)8(19)7(9(11,12)13)10(14,15)16/h6-7,17H,2-5H2,1H3. The van der Waals surface area contributed by atoms with Crippen LogP contribution in [0.25, 0.3) is 0 Å². The second kappa shape index (κ2) is 5.56. The van der Waals surface area contributed by atoms with Gasteiger partial charge in [-0.05, 0) is 19.9 Å². The molecular weight excluding hydrogens is 278 g/mol. The minimum absolute atomic E-state index is 0.0132. The molecule has 1 aliphatic heterocycles. The molecule has 0 aromatic carbocycles. The first kappa shape index (κ1) is 16.1. The number of carbonyl (C=O) groups is 1. The van der Waals surface area contributed by atoms with Crippen LogP contribution in [0.5, 0.6) is 0 Å². The van der Waals surface area contributed by atoms with Gasteiger partial charge in [0.2, 0.25) is 11.8 Å². The number of alkyl halides is 6. The van der Waals surface area contributed by atoms with E-state index in [-0.39, 0.29) is 19.1 Å². The molecule has 0 aromatic heterocycles. The van der Waals surface area contributed by atoms with E-state index >= 15 is 0 Å². The molecule has 0 aliphatic carbocycles. The Balaban J connectivity index is 2.79. The summed E-state index contributed by atoms with van der Waals surface area (Å²) in [4.78, 5) is 12.1. The zero-order valence-corrected chi connectivity index (χ0v) is 10.1. The predicted molar refractivity (Wildman–Crippen MR) is 54.3 cm³/mol. The molecule has 0 radical (unpaired) electrons. The Labute approximate surface area is 105 Å². The van der Waals surface area contributed by atoms with Gasteiger partial charge in [-0.2, -0.15) is 26.3 Å². The summed E-state index contributed by atoms with van der Waals surface area (Å²) in [6.07, 6.45) is -10.6. The van der Waals surface area contributed by atoms with Crippen molar-refractivity contribution in [2.24, 2.45) is 5.92 Å². The molecule has 1 heterocycles. The number of amides is 1. The highest BCUT2D eigenvalue weighted by molar-refractivity contribution is 5.80. The zero-order chi connectivity index (χ0) is 14.8. The van der Waals surface area contributed by atoms with Crippen molar-refractivity contribution in [3.63, 3.8) is 0 Å². The Hall–Kier alpha value is -0.990. The summed E-state index contributed by atoms with van der Waals surface area (Å²) in [5, 5.41) is 2.87. The molecule has 1 N–H and O–H groups in total. The van der Waals surface area contributed by atoms with E-state index in [2.05, 4.69) is 5.32 Å². The Morgan fingerprint density at radius 1 is 1.11 bits per heavy atom. The third-order valence-electron chi connectivity index (χ3n) is 3.12. The molecule has 9 heteroatoms. The van der Waals surface area contributed by atoms with Gasteiger partial charge in [-0.3, -0.25) is 4.79 Å². The summed E-state index contributed by atoms with van der Waals surface area (Å²) in [5.41, 5.74) is 0. The molecule has 0 spiro atoms. The molecule has 1 amide bonds. The molecule has 1 rings (SSSR count). The van der Waals surface area contributed by atoms with Crippen LogP contribution in [-0.2, 0) is 4.79 Å². The minimum atomic E-state index is -5.62. The summed E-state index contributed by atoms with van der Waals surface area (Å²) in [5.74, 6) is -5.83. The molecular formula is C10H14F6N2O. The van der Waals surface area contributed by atoms with E-state index in [9.17, 15) is 31.1 Å². The lowest BCUT2D eigenvalue weighted by Gasteiger charge is -2.35. The van der Waals surface area contributed by atoms with E-state index < -0.39 is 24.2 Å². The monoisotopic (exact) mass is 292 g/mol. The van der Waals surface area contributed by atoms with Gasteiger partial charge in [-0.1, -0.05) is 0 Å². The van der Waals surface area contributed by atoms with Gasteiger partial charge in [0.1, 0.15) is 0 Å². The number of piperidine rings is 1. The van der Waals surface area contributed by atoms with Crippen LogP contribution < -0.4 is 5.32 Å². The Bertz CT molecular complexity index is 305. The zero-order valence-electron chi connectivity index (χ0n) is 10.1. The first-order valence-electron chi connectivity index (χ1n) is 5.67. The Morgan fingerprint density at radius 2 is 1.53 bits per heavy atom. The van der Waals surface area contributed by atoms with Crippen molar-refractivity contribution in [3.05, 3.63) is 0 Å². The summed E-state index contributed by atoms with van der Waals surface area (Å²) < 4.78 is 74.3. The molecule has 0 atom stereocenters. The van der Waals surface area contributed by atoms with Crippen molar-refractivity contribution in [2.45, 2.75) is 31.2 Å². The first-order valence-corrected chi connectivity index (χ1v) is 5.67. The van der Waals surface area contributed by atoms with Crippen LogP contribution >= 0.6 is 0 Å². The van der Waals surface area contributed by atoms with E-state index in [1.807, 2.05) is 0 Å². The quantitative estimate of drug-likeness (QED) is 0.789. The normalized spacial score (nSPS) is 19.1. The van der Waals surface area contributed by atoms with Crippen LogP contribution in [0, 0.1) is 5.92 Å². The van der Waals surface area contributed by atoms with Crippen molar-refractivity contribution in [3.8, 4) is 0 Å². The number of rotatable bonds is 2. The number of nitrogens with one attached hydrogen (secondary N) is 1. The summed E-state index contributed by atoms with van der Waals surface area (Å²) in [6, 6.07) is 0.0132. The van der Waals surface area contributed by atoms with Crippen molar-refractivity contribution in [1.82, 2.24) is 10.2 Å². The highest BCUT2D eigenvalue weighted by Crippen LogP contribution is 2.40. The second-order valence-electron chi connectivity index (χ2n) is 4.40. The minimum Gasteiger partial charge on any atom is -0.342 e. The van der Waals surface area contributed by atoms with Gasteiger partial charge >= 0.3 is 12.4 Å². The topological polar surface area (TPSA) is 32.3 Å². The molecule has 1 saturated heterocycles. The maximum absolute atomic E-state index is 12.4. The fourth-order valence-corrected chi connectivity index (χ4v) is 2.04. The SMILES string of the molecule is CNC1CCN(C(=O)C(C(F)(F)F)C(F)(F)F)CC1.